The summed E-state index contributed by atoms with van der Waals surface area (Å²) in [4.78, 5) is 10.3. The summed E-state index contributed by atoms with van der Waals surface area (Å²) in [5, 5.41) is 21.8. The van der Waals surface area contributed by atoms with Crippen molar-refractivity contribution >= 4 is 17.7 Å². The fourth-order valence-electron chi connectivity index (χ4n) is 1.92. The predicted octanol–water partition coefficient (Wildman–Crippen LogP) is 0.696. The Balaban J connectivity index is 2.12. The summed E-state index contributed by atoms with van der Waals surface area (Å²) >= 11 is 1.88. The molecule has 15 heavy (non-hydrogen) atoms. The van der Waals surface area contributed by atoms with Gasteiger partial charge in [0.15, 0.2) is 0 Å². The minimum Gasteiger partial charge on any atom is -0.481 e. The third kappa shape index (κ3) is 4.86. The highest BCUT2D eigenvalue weighted by atomic mass is 32.2. The Morgan fingerprint density at radius 2 is 2.33 bits per heavy atom. The molecule has 1 fully saturated rings. The molecule has 1 rings (SSSR count). The minimum absolute atomic E-state index is 0.175. The Kier molecular flexibility index (Phi) is 5.42. The van der Waals surface area contributed by atoms with Gasteiger partial charge in [-0.05, 0) is 25.5 Å². The molecule has 88 valence electrons. The van der Waals surface area contributed by atoms with Crippen LogP contribution in [0, 0.1) is 0 Å². The Labute approximate surface area is 94.4 Å². The molecule has 1 saturated carbocycles. The first-order valence-corrected chi connectivity index (χ1v) is 6.56. The van der Waals surface area contributed by atoms with E-state index in [0.717, 1.165) is 18.1 Å². The van der Waals surface area contributed by atoms with Crippen LogP contribution >= 0.6 is 11.8 Å². The van der Waals surface area contributed by atoms with Crippen LogP contribution in [0.2, 0.25) is 0 Å². The van der Waals surface area contributed by atoms with Gasteiger partial charge in [-0.25, -0.2) is 0 Å². The van der Waals surface area contributed by atoms with Crippen LogP contribution in [-0.4, -0.2) is 46.4 Å². The third-order valence-corrected chi connectivity index (χ3v) is 3.87. The van der Waals surface area contributed by atoms with Crippen molar-refractivity contribution < 1.29 is 15.0 Å². The molecule has 0 aromatic heterocycles. The van der Waals surface area contributed by atoms with Crippen LogP contribution in [0.25, 0.3) is 0 Å². The molecule has 3 N–H and O–H groups in total. The molecule has 0 spiro atoms. The summed E-state index contributed by atoms with van der Waals surface area (Å²) in [6.07, 6.45) is 4.65. The standard InChI is InChI=1S/C10H19NO3S/c1-15-9-3-2-7(4-9)11-6-8(12)5-10(13)14/h7-9,11-12H,2-6H2,1H3,(H,13,14). The van der Waals surface area contributed by atoms with Crippen molar-refractivity contribution in [1.29, 1.82) is 0 Å². The normalized spacial score (nSPS) is 27.9. The number of thioether (sulfide) groups is 1. The highest BCUT2D eigenvalue weighted by Crippen LogP contribution is 2.27. The largest absolute Gasteiger partial charge is 0.481 e. The van der Waals surface area contributed by atoms with Gasteiger partial charge in [0.25, 0.3) is 0 Å². The van der Waals surface area contributed by atoms with E-state index in [0.29, 0.717) is 12.6 Å². The van der Waals surface area contributed by atoms with Crippen LogP contribution in [-0.2, 0) is 4.79 Å². The molecule has 0 bridgehead atoms. The molecule has 3 unspecified atom stereocenters. The maximum atomic E-state index is 10.3. The highest BCUT2D eigenvalue weighted by Gasteiger charge is 2.24. The van der Waals surface area contributed by atoms with Crippen molar-refractivity contribution in [1.82, 2.24) is 5.32 Å². The van der Waals surface area contributed by atoms with Crippen LogP contribution in [0.4, 0.5) is 0 Å². The predicted molar refractivity (Wildman–Crippen MR) is 61.2 cm³/mol. The molecule has 0 amide bonds. The number of carboxylic acids is 1. The van der Waals surface area contributed by atoms with Gasteiger partial charge in [0.2, 0.25) is 0 Å². The summed E-state index contributed by atoms with van der Waals surface area (Å²) in [5.41, 5.74) is 0. The SMILES string of the molecule is CSC1CCC(NCC(O)CC(=O)O)C1. The molecule has 4 nitrogen and oxygen atoms in total. The van der Waals surface area contributed by atoms with Crippen molar-refractivity contribution in [2.45, 2.75) is 43.1 Å². The maximum Gasteiger partial charge on any atom is 0.306 e. The highest BCUT2D eigenvalue weighted by molar-refractivity contribution is 7.99. The van der Waals surface area contributed by atoms with Gasteiger partial charge < -0.3 is 15.5 Å². The molecule has 0 aromatic rings. The zero-order valence-corrected chi connectivity index (χ0v) is 9.80. The second kappa shape index (κ2) is 6.35. The Bertz CT molecular complexity index is 213. The topological polar surface area (TPSA) is 69.6 Å². The molecule has 0 aromatic carbocycles. The van der Waals surface area contributed by atoms with Crippen molar-refractivity contribution in [2.75, 3.05) is 12.8 Å². The Morgan fingerprint density at radius 3 is 2.87 bits per heavy atom. The third-order valence-electron chi connectivity index (χ3n) is 2.77. The Morgan fingerprint density at radius 1 is 1.60 bits per heavy atom. The number of nitrogens with one attached hydrogen (secondary N) is 1. The van der Waals surface area contributed by atoms with Gasteiger partial charge in [-0.3, -0.25) is 4.79 Å². The number of rotatable bonds is 6. The molecule has 3 atom stereocenters. The van der Waals surface area contributed by atoms with Crippen LogP contribution in [0.15, 0.2) is 0 Å². The summed E-state index contributed by atoms with van der Waals surface area (Å²) in [5.74, 6) is -0.947. The van der Waals surface area contributed by atoms with E-state index in [1.165, 1.54) is 6.42 Å². The molecule has 0 aliphatic heterocycles. The van der Waals surface area contributed by atoms with E-state index in [1.807, 2.05) is 11.8 Å². The van der Waals surface area contributed by atoms with Crippen molar-refractivity contribution in [3.8, 4) is 0 Å². The molecule has 0 saturated heterocycles. The van der Waals surface area contributed by atoms with E-state index in [9.17, 15) is 9.90 Å². The van der Waals surface area contributed by atoms with Crippen LogP contribution in [0.1, 0.15) is 25.7 Å². The van der Waals surface area contributed by atoms with E-state index in [2.05, 4.69) is 11.6 Å². The quantitative estimate of drug-likeness (QED) is 0.630. The lowest BCUT2D eigenvalue weighted by molar-refractivity contribution is -0.139. The number of hydrogen-bond acceptors (Lipinski definition) is 4. The fourth-order valence-corrected chi connectivity index (χ4v) is 2.71. The van der Waals surface area contributed by atoms with E-state index in [4.69, 9.17) is 5.11 Å². The number of hydrogen-bond donors (Lipinski definition) is 3. The van der Waals surface area contributed by atoms with Gasteiger partial charge in [0.1, 0.15) is 0 Å². The first-order chi connectivity index (χ1) is 7.11. The lowest BCUT2D eigenvalue weighted by atomic mass is 10.2. The molecule has 0 radical (unpaired) electrons. The van der Waals surface area contributed by atoms with Gasteiger partial charge in [-0.1, -0.05) is 0 Å². The number of carbonyl (C=O) groups is 1. The molecular weight excluding hydrogens is 214 g/mol. The lowest BCUT2D eigenvalue weighted by Gasteiger charge is -2.15. The van der Waals surface area contributed by atoms with Crippen LogP contribution in [0.3, 0.4) is 0 Å². The van der Waals surface area contributed by atoms with Gasteiger partial charge in [0.05, 0.1) is 12.5 Å². The summed E-state index contributed by atoms with van der Waals surface area (Å²) in [7, 11) is 0. The minimum atomic E-state index is -0.947. The van der Waals surface area contributed by atoms with Crippen LogP contribution < -0.4 is 5.32 Å². The molecular formula is C10H19NO3S. The fraction of sp³-hybridized carbons (Fsp3) is 0.900. The zero-order valence-electron chi connectivity index (χ0n) is 8.98. The molecule has 1 aliphatic rings. The average Bonchev–Trinajstić information content (AvgIpc) is 2.61. The smallest absolute Gasteiger partial charge is 0.306 e. The summed E-state index contributed by atoms with van der Waals surface area (Å²) in [6, 6.07) is 0.450. The zero-order chi connectivity index (χ0) is 11.3. The van der Waals surface area contributed by atoms with Crippen molar-refractivity contribution in [3.05, 3.63) is 0 Å². The number of aliphatic hydroxyl groups is 1. The first kappa shape index (κ1) is 12.8. The van der Waals surface area contributed by atoms with E-state index in [1.54, 1.807) is 0 Å². The maximum absolute atomic E-state index is 10.3. The summed E-state index contributed by atoms with van der Waals surface area (Å²) < 4.78 is 0. The van der Waals surface area contributed by atoms with Gasteiger partial charge in [-0.2, -0.15) is 11.8 Å². The summed E-state index contributed by atoms with van der Waals surface area (Å²) in [6.45, 7) is 0.387. The second-order valence-electron chi connectivity index (χ2n) is 4.03. The van der Waals surface area contributed by atoms with Gasteiger partial charge >= 0.3 is 5.97 Å². The molecule has 1 aliphatic carbocycles. The van der Waals surface area contributed by atoms with E-state index in [-0.39, 0.29) is 6.42 Å². The van der Waals surface area contributed by atoms with Crippen molar-refractivity contribution in [3.63, 3.8) is 0 Å². The van der Waals surface area contributed by atoms with Gasteiger partial charge in [0, 0.05) is 17.8 Å². The first-order valence-electron chi connectivity index (χ1n) is 5.28. The van der Waals surface area contributed by atoms with Crippen LogP contribution in [0.5, 0.6) is 0 Å². The number of aliphatic hydroxyl groups excluding tert-OH is 1. The van der Waals surface area contributed by atoms with E-state index >= 15 is 0 Å². The molecule has 0 heterocycles. The average molecular weight is 233 g/mol. The van der Waals surface area contributed by atoms with Gasteiger partial charge in [-0.15, -0.1) is 0 Å². The van der Waals surface area contributed by atoms with E-state index < -0.39 is 12.1 Å². The number of carboxylic acid groups (broad SMARTS) is 1. The molecule has 5 heteroatoms. The van der Waals surface area contributed by atoms with Crippen molar-refractivity contribution in [2.24, 2.45) is 0 Å². The monoisotopic (exact) mass is 233 g/mol. The second-order valence-corrected chi connectivity index (χ2v) is 5.17. The lowest BCUT2D eigenvalue weighted by Crippen LogP contribution is -2.35. The number of aliphatic carboxylic acids is 1. The Hall–Kier alpha value is -0.260.